The van der Waals surface area contributed by atoms with E-state index in [1.54, 1.807) is 36.4 Å². The highest BCUT2D eigenvalue weighted by atomic mass is 35.5. The molecule has 1 aromatic heterocycles. The summed E-state index contributed by atoms with van der Waals surface area (Å²) in [4.78, 5) is 3.87. The maximum absolute atomic E-state index is 13.1. The number of aromatic nitrogens is 1. The van der Waals surface area contributed by atoms with E-state index in [0.717, 1.165) is 16.5 Å². The van der Waals surface area contributed by atoms with E-state index in [1.807, 2.05) is 0 Å². The first-order valence-corrected chi connectivity index (χ1v) is 8.69. The average molecular weight is 390 g/mol. The lowest BCUT2D eigenvalue weighted by atomic mass is 10.0. The van der Waals surface area contributed by atoms with Crippen LogP contribution >= 0.6 is 35.0 Å². The summed E-state index contributed by atoms with van der Waals surface area (Å²) in [5.41, 5.74) is 0.546. The van der Waals surface area contributed by atoms with Crippen LogP contribution in [0.5, 0.6) is 0 Å². The zero-order valence-corrected chi connectivity index (χ0v) is 14.6. The van der Waals surface area contributed by atoms with E-state index in [9.17, 15) is 13.2 Å². The lowest BCUT2D eigenvalue weighted by Gasteiger charge is -2.12. The van der Waals surface area contributed by atoms with Crippen LogP contribution in [0, 0.1) is 0 Å². The fraction of sp³-hybridized carbons (Fsp3) is 0.176. The molecule has 1 aliphatic carbocycles. The maximum atomic E-state index is 13.1. The average Bonchev–Trinajstić information content (AvgIpc) is 2.94. The van der Waals surface area contributed by atoms with Gasteiger partial charge in [0.05, 0.1) is 5.69 Å². The van der Waals surface area contributed by atoms with E-state index in [-0.39, 0.29) is 0 Å². The topological polar surface area (TPSA) is 15.8 Å². The van der Waals surface area contributed by atoms with Gasteiger partial charge in [0.25, 0.3) is 0 Å². The van der Waals surface area contributed by atoms with Crippen LogP contribution in [0.2, 0.25) is 5.02 Å². The van der Waals surface area contributed by atoms with Crippen LogP contribution in [0.4, 0.5) is 13.2 Å². The van der Waals surface area contributed by atoms with E-state index in [0.29, 0.717) is 33.5 Å². The smallest absolute Gasteiger partial charge is 0.350 e. The third-order valence-corrected chi connectivity index (χ3v) is 5.16. The Labute approximate surface area is 151 Å². The number of aromatic amines is 1. The van der Waals surface area contributed by atoms with E-state index in [1.165, 1.54) is 11.8 Å². The highest BCUT2D eigenvalue weighted by molar-refractivity contribution is 7.99. The van der Waals surface area contributed by atoms with Gasteiger partial charge in [0, 0.05) is 19.8 Å². The summed E-state index contributed by atoms with van der Waals surface area (Å²) < 4.78 is 39.3. The van der Waals surface area contributed by atoms with Gasteiger partial charge in [0.15, 0.2) is 0 Å². The predicted octanol–water partition coefficient (Wildman–Crippen LogP) is 7.14. The Hall–Kier alpha value is -1.30. The molecule has 0 radical (unpaired) electrons. The van der Waals surface area contributed by atoms with Crippen molar-refractivity contribution in [3.63, 3.8) is 0 Å². The van der Waals surface area contributed by atoms with Crippen LogP contribution in [0.1, 0.15) is 24.2 Å². The lowest BCUT2D eigenvalue weighted by molar-refractivity contribution is -0.140. The molecule has 0 fully saturated rings. The summed E-state index contributed by atoms with van der Waals surface area (Å²) in [6.07, 6.45) is 0.297. The summed E-state index contributed by atoms with van der Waals surface area (Å²) in [6.45, 7) is 0. The van der Waals surface area contributed by atoms with Gasteiger partial charge in [-0.3, -0.25) is 0 Å². The summed E-state index contributed by atoms with van der Waals surface area (Å²) in [6, 6.07) is 8.13. The number of allylic oxidation sites excluding steroid dienone is 4. The molecule has 0 aliphatic heterocycles. The largest absolute Gasteiger partial charge is 0.431 e. The Kier molecular flexibility index (Phi) is 5.04. The number of halogens is 5. The molecule has 0 spiro atoms. The monoisotopic (exact) mass is 389 g/mol. The molecular weight excluding hydrogens is 378 g/mol. The maximum Gasteiger partial charge on any atom is 0.431 e. The van der Waals surface area contributed by atoms with Crippen LogP contribution in [0.25, 0.3) is 5.57 Å². The van der Waals surface area contributed by atoms with Crippen LogP contribution in [0.3, 0.4) is 0 Å². The van der Waals surface area contributed by atoms with Gasteiger partial charge in [-0.15, -0.1) is 0 Å². The van der Waals surface area contributed by atoms with E-state index < -0.39 is 11.9 Å². The minimum Gasteiger partial charge on any atom is -0.350 e. The molecule has 2 aromatic rings. The molecule has 1 N–H and O–H groups in total. The van der Waals surface area contributed by atoms with Crippen molar-refractivity contribution >= 4 is 40.5 Å². The van der Waals surface area contributed by atoms with Crippen LogP contribution in [0.15, 0.2) is 57.3 Å². The van der Waals surface area contributed by atoms with Gasteiger partial charge >= 0.3 is 6.18 Å². The second-order valence-corrected chi connectivity index (χ2v) is 7.32. The molecule has 0 amide bonds. The predicted molar refractivity (Wildman–Crippen MR) is 92.5 cm³/mol. The first-order valence-electron chi connectivity index (χ1n) is 7.12. The number of nitrogens with one attached hydrogen (secondary N) is 1. The normalized spacial score (nSPS) is 15.2. The van der Waals surface area contributed by atoms with Crippen LogP contribution in [-0.2, 0) is 6.18 Å². The molecule has 7 heteroatoms. The van der Waals surface area contributed by atoms with Gasteiger partial charge in [-0.25, -0.2) is 0 Å². The molecule has 1 heterocycles. The fourth-order valence-corrected chi connectivity index (χ4v) is 3.63. The molecule has 126 valence electrons. The van der Waals surface area contributed by atoms with Crippen molar-refractivity contribution in [3.8, 4) is 0 Å². The standard InChI is InChI=1S/C17H12Cl2F3NS/c18-11-3-1-10(2-4-11)16-14(9-15(23-16)17(20,21)22)24-13-7-5-12(19)6-8-13/h1,3,5-9,23H,2,4H2. The lowest BCUT2D eigenvalue weighted by Crippen LogP contribution is -2.05. The van der Waals surface area contributed by atoms with Gasteiger partial charge in [0.1, 0.15) is 5.69 Å². The Morgan fingerprint density at radius 2 is 1.71 bits per heavy atom. The molecular formula is C17H12Cl2F3NS. The van der Waals surface area contributed by atoms with Crippen LogP contribution in [-0.4, -0.2) is 4.98 Å². The Morgan fingerprint density at radius 1 is 1.00 bits per heavy atom. The minimum absolute atomic E-state index is 0.489. The van der Waals surface area contributed by atoms with Gasteiger partial charge < -0.3 is 4.98 Å². The first-order chi connectivity index (χ1) is 11.3. The molecule has 0 atom stereocenters. The molecule has 0 saturated carbocycles. The van der Waals surface area contributed by atoms with Crippen molar-refractivity contribution in [2.75, 3.05) is 0 Å². The number of rotatable bonds is 3. The number of H-pyrrole nitrogens is 1. The molecule has 1 nitrogen and oxygen atoms in total. The highest BCUT2D eigenvalue weighted by Crippen LogP contribution is 2.41. The zero-order valence-electron chi connectivity index (χ0n) is 12.3. The van der Waals surface area contributed by atoms with Crippen molar-refractivity contribution in [3.05, 3.63) is 63.9 Å². The van der Waals surface area contributed by atoms with Crippen molar-refractivity contribution in [1.29, 1.82) is 0 Å². The van der Waals surface area contributed by atoms with Crippen LogP contribution < -0.4 is 0 Å². The Bertz CT molecular complexity index is 804. The van der Waals surface area contributed by atoms with Gasteiger partial charge in [-0.1, -0.05) is 41.0 Å². The summed E-state index contributed by atoms with van der Waals surface area (Å²) in [7, 11) is 0. The zero-order chi connectivity index (χ0) is 17.3. The van der Waals surface area contributed by atoms with Crippen molar-refractivity contribution in [2.45, 2.75) is 28.8 Å². The Morgan fingerprint density at radius 3 is 2.29 bits per heavy atom. The fourth-order valence-electron chi connectivity index (χ4n) is 2.36. The summed E-state index contributed by atoms with van der Waals surface area (Å²) >= 11 is 13.1. The SMILES string of the molecule is FC(F)(F)c1cc(Sc2ccc(Cl)cc2)c(C2=CC=C(Cl)CC2)[nH]1. The van der Waals surface area contributed by atoms with Gasteiger partial charge in [-0.05, 0) is 54.8 Å². The Balaban J connectivity index is 2.00. The molecule has 0 bridgehead atoms. The summed E-state index contributed by atoms with van der Waals surface area (Å²) in [5.74, 6) is 0. The van der Waals surface area contributed by atoms with Gasteiger partial charge in [-0.2, -0.15) is 13.2 Å². The van der Waals surface area contributed by atoms with Crippen molar-refractivity contribution in [1.82, 2.24) is 4.98 Å². The second kappa shape index (κ2) is 6.90. The van der Waals surface area contributed by atoms with E-state index in [4.69, 9.17) is 23.2 Å². The van der Waals surface area contributed by atoms with E-state index >= 15 is 0 Å². The van der Waals surface area contributed by atoms with Crippen molar-refractivity contribution < 1.29 is 13.2 Å². The third kappa shape index (κ3) is 4.02. The number of benzene rings is 1. The number of hydrogen-bond donors (Lipinski definition) is 1. The molecule has 3 rings (SSSR count). The minimum atomic E-state index is -4.42. The summed E-state index contributed by atoms with van der Waals surface area (Å²) in [5, 5.41) is 1.28. The second-order valence-electron chi connectivity index (χ2n) is 5.28. The van der Waals surface area contributed by atoms with Gasteiger partial charge in [0.2, 0.25) is 0 Å². The third-order valence-electron chi connectivity index (χ3n) is 3.55. The molecule has 0 saturated heterocycles. The first kappa shape index (κ1) is 17.5. The molecule has 24 heavy (non-hydrogen) atoms. The highest BCUT2D eigenvalue weighted by Gasteiger charge is 2.34. The number of alkyl halides is 3. The molecule has 1 aromatic carbocycles. The molecule has 1 aliphatic rings. The quantitative estimate of drug-likeness (QED) is 0.589. The van der Waals surface area contributed by atoms with E-state index in [2.05, 4.69) is 4.98 Å². The molecule has 0 unspecified atom stereocenters. The van der Waals surface area contributed by atoms with Crippen molar-refractivity contribution in [2.24, 2.45) is 0 Å². The number of hydrogen-bond acceptors (Lipinski definition) is 1.